The van der Waals surface area contributed by atoms with Crippen molar-refractivity contribution in [3.8, 4) is 0 Å². The monoisotopic (exact) mass is 412 g/mol. The summed E-state index contributed by atoms with van der Waals surface area (Å²) < 4.78 is 93.3. The summed E-state index contributed by atoms with van der Waals surface area (Å²) in [5.41, 5.74) is 0. The third-order valence-corrected chi connectivity index (χ3v) is 16.0. The molecule has 0 N–H and O–H groups in total. The Hall–Kier alpha value is -0.200. The Morgan fingerprint density at radius 3 is 1.00 bits per heavy atom. The van der Waals surface area contributed by atoms with Crippen molar-refractivity contribution < 1.29 is 33.7 Å². The molecule has 12 heteroatoms. The second-order valence-corrected chi connectivity index (χ2v) is 18.4. The molecular weight excluding hydrogens is 388 g/mol. The summed E-state index contributed by atoms with van der Waals surface area (Å²) in [5, 5.41) is -2.10. The summed E-state index contributed by atoms with van der Waals surface area (Å²) in [4.78, 5) is 0. The van der Waals surface area contributed by atoms with Gasteiger partial charge >= 0.3 is 0 Å². The van der Waals surface area contributed by atoms with Crippen LogP contribution < -0.4 is 0 Å². The molecule has 140 valence electrons. The van der Waals surface area contributed by atoms with Crippen molar-refractivity contribution in [3.63, 3.8) is 0 Å². The van der Waals surface area contributed by atoms with E-state index in [9.17, 15) is 33.7 Å². The molecule has 0 rings (SSSR count). The number of unbranched alkanes of at least 4 members (excludes halogenated alkanes) is 2. The molecule has 0 spiro atoms. The fourth-order valence-corrected chi connectivity index (χ4v) is 9.93. The molecule has 0 heterocycles. The van der Waals surface area contributed by atoms with Gasteiger partial charge in [-0.3, -0.25) is 0 Å². The van der Waals surface area contributed by atoms with Crippen LogP contribution in [-0.4, -0.2) is 55.7 Å². The Balaban J connectivity index is 4.64. The quantitative estimate of drug-likeness (QED) is 0.373. The van der Waals surface area contributed by atoms with Crippen LogP contribution in [0.5, 0.6) is 0 Å². The smallest absolute Gasteiger partial charge is 0.213 e. The van der Waals surface area contributed by atoms with Gasteiger partial charge in [0.05, 0.1) is 22.0 Å². The fraction of sp³-hybridized carbons (Fsp3) is 1.00. The summed E-state index contributed by atoms with van der Waals surface area (Å²) in [6.07, 6.45) is -0.00322. The average Bonchev–Trinajstić information content (AvgIpc) is 2.36. The molecule has 0 unspecified atom stereocenters. The first-order chi connectivity index (χ1) is 10.1. The van der Waals surface area contributed by atoms with Crippen molar-refractivity contribution in [2.24, 2.45) is 0 Å². The molecule has 0 aromatic heterocycles. The first kappa shape index (κ1) is 22.8. The first-order valence-corrected chi connectivity index (χ1v) is 14.5. The second kappa shape index (κ2) is 7.79. The Bertz CT molecular complexity index is 729. The van der Waals surface area contributed by atoms with Crippen LogP contribution in [-0.2, 0) is 35.5 Å². The molecular formula is C11H24O8S4. The minimum atomic E-state index is -4.31. The van der Waals surface area contributed by atoms with Crippen LogP contribution in [0.2, 0.25) is 0 Å². The van der Waals surface area contributed by atoms with E-state index in [4.69, 9.17) is 0 Å². The number of hydrogen-bond acceptors (Lipinski definition) is 8. The van der Waals surface area contributed by atoms with E-state index < -0.39 is 57.5 Å². The van der Waals surface area contributed by atoms with Gasteiger partial charge in [0, 0.05) is 0 Å². The lowest BCUT2D eigenvalue weighted by molar-refractivity contribution is 0.572. The molecule has 0 amide bonds. The van der Waals surface area contributed by atoms with Gasteiger partial charge in [-0.15, -0.1) is 0 Å². The van der Waals surface area contributed by atoms with E-state index in [1.165, 1.54) is 27.7 Å². The van der Waals surface area contributed by atoms with Crippen LogP contribution in [0.1, 0.15) is 47.0 Å². The van der Waals surface area contributed by atoms with E-state index in [1.54, 1.807) is 0 Å². The maximum atomic E-state index is 11.7. The molecule has 0 aliphatic rings. The third kappa shape index (κ3) is 5.40. The van der Waals surface area contributed by atoms with Crippen LogP contribution in [0.3, 0.4) is 0 Å². The van der Waals surface area contributed by atoms with Gasteiger partial charge in [0.2, 0.25) is 0 Å². The maximum Gasteiger partial charge on any atom is 0.255 e. The van der Waals surface area contributed by atoms with Crippen molar-refractivity contribution in [2.45, 2.75) is 57.5 Å². The van der Waals surface area contributed by atoms with Crippen LogP contribution in [0.15, 0.2) is 0 Å². The van der Waals surface area contributed by atoms with Crippen LogP contribution in [0.25, 0.3) is 0 Å². The van der Waals surface area contributed by atoms with E-state index in [0.717, 1.165) is 0 Å². The van der Waals surface area contributed by atoms with E-state index >= 15 is 0 Å². The number of rotatable bonds is 10. The maximum absolute atomic E-state index is 11.7. The summed E-state index contributed by atoms with van der Waals surface area (Å²) in [6.45, 7) is 5.04. The van der Waals surface area contributed by atoms with Gasteiger partial charge in [-0.05, 0) is 40.5 Å². The van der Waals surface area contributed by atoms with Gasteiger partial charge in [0.25, 0.3) is 35.5 Å². The average molecular weight is 413 g/mol. The zero-order chi connectivity index (χ0) is 18.7. The van der Waals surface area contributed by atoms with Gasteiger partial charge in [0.1, 0.15) is 0 Å². The summed E-state index contributed by atoms with van der Waals surface area (Å²) in [7, 11) is -17.2. The molecule has 0 aromatic carbocycles. The lowest BCUT2D eigenvalue weighted by Crippen LogP contribution is -2.27. The van der Waals surface area contributed by atoms with Crippen molar-refractivity contribution in [1.82, 2.24) is 0 Å². The van der Waals surface area contributed by atoms with Gasteiger partial charge in [-0.25, -0.2) is 33.7 Å². The summed E-state index contributed by atoms with van der Waals surface area (Å²) >= 11 is 0. The molecule has 0 atom stereocenters. The molecule has 0 fully saturated rings. The Labute approximate surface area is 138 Å². The van der Waals surface area contributed by atoms with Gasteiger partial charge in [0.15, 0.2) is 0 Å². The molecule has 23 heavy (non-hydrogen) atoms. The molecule has 0 saturated carbocycles. The molecule has 0 saturated heterocycles. The van der Waals surface area contributed by atoms with Crippen LogP contribution in [0, 0.1) is 0 Å². The highest BCUT2D eigenvalue weighted by molar-refractivity contribution is 8.67. The summed E-state index contributed by atoms with van der Waals surface area (Å²) in [6, 6.07) is 0. The highest BCUT2D eigenvalue weighted by Crippen LogP contribution is 2.16. The lowest BCUT2D eigenvalue weighted by atomic mass is 10.3. The van der Waals surface area contributed by atoms with E-state index in [-0.39, 0.29) is 19.3 Å². The lowest BCUT2D eigenvalue weighted by Gasteiger charge is -2.10. The SMILES string of the molecule is CC(C)S(=O)(=O)S(=O)(=O)CCCCCS(=O)(=O)S(=O)(=O)C(C)C. The first-order valence-electron chi connectivity index (χ1n) is 7.02. The van der Waals surface area contributed by atoms with Gasteiger partial charge in [-0.2, -0.15) is 0 Å². The molecule has 0 aliphatic carbocycles. The zero-order valence-electron chi connectivity index (χ0n) is 13.6. The molecule has 0 aromatic rings. The highest BCUT2D eigenvalue weighted by Gasteiger charge is 2.33. The molecule has 0 aliphatic heterocycles. The largest absolute Gasteiger partial charge is 0.255 e. The fourth-order valence-electron chi connectivity index (χ4n) is 1.55. The molecule has 0 radical (unpaired) electrons. The predicted octanol–water partition coefficient (Wildman–Crippen LogP) is 0.463. The van der Waals surface area contributed by atoms with Crippen LogP contribution >= 0.6 is 0 Å². The molecule has 8 nitrogen and oxygen atoms in total. The molecule has 0 bridgehead atoms. The second-order valence-electron chi connectivity index (χ2n) is 5.67. The van der Waals surface area contributed by atoms with Gasteiger partial charge in [-0.1, -0.05) is 6.42 Å². The number of hydrogen-bond donors (Lipinski definition) is 0. The Morgan fingerprint density at radius 1 is 0.522 bits per heavy atom. The van der Waals surface area contributed by atoms with Crippen molar-refractivity contribution >= 4 is 35.5 Å². The standard InChI is InChI=1S/C11H24O8S4/c1-10(2)22(16,17)20(12,13)8-6-5-7-9-21(14,15)23(18,19)11(3)4/h10-11H,5-9H2,1-4H3. The van der Waals surface area contributed by atoms with Crippen LogP contribution in [0.4, 0.5) is 0 Å². The van der Waals surface area contributed by atoms with E-state index in [2.05, 4.69) is 0 Å². The minimum Gasteiger partial charge on any atom is -0.213 e. The van der Waals surface area contributed by atoms with Crippen molar-refractivity contribution in [3.05, 3.63) is 0 Å². The Kier molecular flexibility index (Phi) is 7.72. The minimum absolute atomic E-state index is 0.0501. The van der Waals surface area contributed by atoms with E-state index in [1.807, 2.05) is 0 Å². The normalized spacial score (nSPS) is 14.5. The third-order valence-electron chi connectivity index (χ3n) is 3.15. The predicted molar refractivity (Wildman–Crippen MR) is 89.5 cm³/mol. The van der Waals surface area contributed by atoms with Crippen molar-refractivity contribution in [2.75, 3.05) is 11.5 Å². The Morgan fingerprint density at radius 2 is 0.783 bits per heavy atom. The van der Waals surface area contributed by atoms with E-state index in [0.29, 0.717) is 0 Å². The van der Waals surface area contributed by atoms with Gasteiger partial charge < -0.3 is 0 Å². The van der Waals surface area contributed by atoms with Crippen molar-refractivity contribution in [1.29, 1.82) is 0 Å². The summed E-state index contributed by atoms with van der Waals surface area (Å²) in [5.74, 6) is -1.21. The zero-order valence-corrected chi connectivity index (χ0v) is 16.9. The topological polar surface area (TPSA) is 137 Å². The highest BCUT2D eigenvalue weighted by atomic mass is 33.2.